The molecule has 0 radical (unpaired) electrons. The highest BCUT2D eigenvalue weighted by molar-refractivity contribution is 7.15. The van der Waals surface area contributed by atoms with Gasteiger partial charge < -0.3 is 5.32 Å². The molecule has 2 atom stereocenters. The maximum atomic E-state index is 4.15. The molecule has 2 rings (SSSR count). The lowest BCUT2D eigenvalue weighted by molar-refractivity contribution is 0.421. The maximum Gasteiger partial charge on any atom is 0.205 e. The van der Waals surface area contributed by atoms with Gasteiger partial charge in [0.1, 0.15) is 5.01 Å². The van der Waals surface area contributed by atoms with Crippen LogP contribution in [0.15, 0.2) is 11.6 Å². The molecule has 0 saturated carbocycles. The van der Waals surface area contributed by atoms with E-state index < -0.39 is 0 Å². The van der Waals surface area contributed by atoms with Crippen molar-refractivity contribution < 1.29 is 0 Å². The van der Waals surface area contributed by atoms with Crippen molar-refractivity contribution in [3.63, 3.8) is 0 Å². The fourth-order valence-electron chi connectivity index (χ4n) is 2.54. The van der Waals surface area contributed by atoms with Gasteiger partial charge in [0, 0.05) is 6.54 Å². The fourth-order valence-corrected chi connectivity index (χ4v) is 3.23. The molecule has 1 N–H and O–H groups in total. The van der Waals surface area contributed by atoms with Gasteiger partial charge in [-0.3, -0.25) is 0 Å². The van der Waals surface area contributed by atoms with E-state index in [2.05, 4.69) is 42.4 Å². The van der Waals surface area contributed by atoms with Gasteiger partial charge in [-0.2, -0.15) is 0 Å². The van der Waals surface area contributed by atoms with Crippen molar-refractivity contribution in [1.82, 2.24) is 10.2 Å². The van der Waals surface area contributed by atoms with E-state index in [1.54, 1.807) is 11.3 Å². The fraction of sp³-hybridized carbons (Fsp3) is 0.692. The molecular formula is C13H21N3S. The Morgan fingerprint density at radius 1 is 1.47 bits per heavy atom. The van der Waals surface area contributed by atoms with Gasteiger partial charge in [0.25, 0.3) is 0 Å². The van der Waals surface area contributed by atoms with E-state index in [4.69, 9.17) is 0 Å². The van der Waals surface area contributed by atoms with Gasteiger partial charge in [-0.1, -0.05) is 36.8 Å². The third-order valence-electron chi connectivity index (χ3n) is 3.20. The summed E-state index contributed by atoms with van der Waals surface area (Å²) in [6, 6.07) is 0. The zero-order valence-electron chi connectivity index (χ0n) is 10.9. The number of rotatable bonds is 4. The van der Waals surface area contributed by atoms with E-state index in [0.29, 0.717) is 0 Å². The lowest BCUT2D eigenvalue weighted by Gasteiger charge is -2.25. The van der Waals surface area contributed by atoms with Crippen LogP contribution in [0.25, 0.3) is 0 Å². The van der Waals surface area contributed by atoms with Crippen LogP contribution in [0.1, 0.15) is 38.6 Å². The zero-order chi connectivity index (χ0) is 12.3. The van der Waals surface area contributed by atoms with Gasteiger partial charge in [-0.05, 0) is 38.0 Å². The Balaban J connectivity index is 1.84. The molecule has 0 aliphatic heterocycles. The van der Waals surface area contributed by atoms with Crippen LogP contribution < -0.4 is 5.32 Å². The number of nitrogens with zero attached hydrogens (tertiary/aromatic N) is 2. The van der Waals surface area contributed by atoms with E-state index in [-0.39, 0.29) is 0 Å². The Morgan fingerprint density at radius 2 is 2.29 bits per heavy atom. The Hall–Kier alpha value is -0.900. The summed E-state index contributed by atoms with van der Waals surface area (Å²) in [6.45, 7) is 7.67. The molecule has 1 heterocycles. The van der Waals surface area contributed by atoms with Crippen molar-refractivity contribution in [2.24, 2.45) is 11.8 Å². The topological polar surface area (TPSA) is 37.8 Å². The molecule has 1 aliphatic carbocycles. The number of aromatic nitrogens is 2. The minimum atomic E-state index is 0.719. The molecule has 1 aliphatic rings. The second kappa shape index (κ2) is 5.63. The monoisotopic (exact) mass is 251 g/mol. The molecule has 94 valence electrons. The lowest BCUT2D eigenvalue weighted by Crippen LogP contribution is -2.20. The highest BCUT2D eigenvalue weighted by Gasteiger charge is 2.18. The van der Waals surface area contributed by atoms with Crippen LogP contribution in [0.5, 0.6) is 0 Å². The van der Waals surface area contributed by atoms with Gasteiger partial charge in [0.2, 0.25) is 5.13 Å². The molecule has 1 aromatic rings. The van der Waals surface area contributed by atoms with Gasteiger partial charge in [0.05, 0.1) is 0 Å². The first-order valence-corrected chi connectivity index (χ1v) is 7.22. The minimum Gasteiger partial charge on any atom is -0.360 e. The van der Waals surface area contributed by atoms with Crippen molar-refractivity contribution in [3.05, 3.63) is 16.7 Å². The van der Waals surface area contributed by atoms with Crippen molar-refractivity contribution in [3.8, 4) is 0 Å². The van der Waals surface area contributed by atoms with E-state index in [0.717, 1.165) is 34.9 Å². The smallest absolute Gasteiger partial charge is 0.205 e. The van der Waals surface area contributed by atoms with Gasteiger partial charge in [0.15, 0.2) is 0 Å². The van der Waals surface area contributed by atoms with Crippen molar-refractivity contribution >= 4 is 16.5 Å². The summed E-state index contributed by atoms with van der Waals surface area (Å²) in [5, 5.41) is 13.8. The summed E-state index contributed by atoms with van der Waals surface area (Å²) in [7, 11) is 0. The molecule has 0 amide bonds. The third-order valence-corrected chi connectivity index (χ3v) is 4.22. The predicted octanol–water partition coefficient (Wildman–Crippen LogP) is 3.50. The molecule has 0 saturated heterocycles. The number of anilines is 1. The Morgan fingerprint density at radius 3 is 2.94 bits per heavy atom. The van der Waals surface area contributed by atoms with Crippen LogP contribution in [0, 0.1) is 11.8 Å². The average molecular weight is 251 g/mol. The zero-order valence-corrected chi connectivity index (χ0v) is 11.7. The van der Waals surface area contributed by atoms with Crippen molar-refractivity contribution in [2.45, 2.75) is 40.0 Å². The SMILES string of the molecule is CCc1nnc(NCC2CC(C)=CC(C)C2)s1. The molecule has 0 bridgehead atoms. The van der Waals surface area contributed by atoms with Crippen LogP contribution in [0.2, 0.25) is 0 Å². The first-order valence-electron chi connectivity index (χ1n) is 6.41. The largest absolute Gasteiger partial charge is 0.360 e. The molecule has 0 spiro atoms. The highest BCUT2D eigenvalue weighted by Crippen LogP contribution is 2.28. The Bertz CT molecular complexity index is 397. The standard InChI is InChI=1S/C13H21N3S/c1-4-12-15-16-13(17-12)14-8-11-6-9(2)5-10(3)7-11/h5,9,11H,4,6-8H2,1-3H3,(H,14,16). The van der Waals surface area contributed by atoms with Crippen molar-refractivity contribution in [1.29, 1.82) is 0 Å². The van der Waals surface area contributed by atoms with Crippen molar-refractivity contribution in [2.75, 3.05) is 11.9 Å². The number of allylic oxidation sites excluding steroid dienone is 2. The number of nitrogens with one attached hydrogen (secondary N) is 1. The third kappa shape index (κ3) is 3.53. The summed E-state index contributed by atoms with van der Waals surface area (Å²) in [6.07, 6.45) is 5.87. The molecule has 0 aromatic carbocycles. The quantitative estimate of drug-likeness (QED) is 0.832. The molecule has 2 unspecified atom stereocenters. The normalized spacial score (nSPS) is 24.5. The first kappa shape index (κ1) is 12.6. The van der Waals surface area contributed by atoms with Crippen LogP contribution in [-0.2, 0) is 6.42 Å². The first-order chi connectivity index (χ1) is 8.17. The van der Waals surface area contributed by atoms with E-state index in [1.165, 1.54) is 18.4 Å². The van der Waals surface area contributed by atoms with Crippen LogP contribution in [0.3, 0.4) is 0 Å². The van der Waals surface area contributed by atoms with Gasteiger partial charge in [-0.25, -0.2) is 0 Å². The summed E-state index contributed by atoms with van der Waals surface area (Å²) in [4.78, 5) is 0. The summed E-state index contributed by atoms with van der Waals surface area (Å²) in [5.74, 6) is 1.46. The maximum absolute atomic E-state index is 4.15. The number of hydrogen-bond donors (Lipinski definition) is 1. The molecular weight excluding hydrogens is 230 g/mol. The molecule has 1 aromatic heterocycles. The van der Waals surface area contributed by atoms with Crippen LogP contribution >= 0.6 is 11.3 Å². The average Bonchev–Trinajstić information content (AvgIpc) is 2.73. The summed E-state index contributed by atoms with van der Waals surface area (Å²) >= 11 is 1.68. The second-order valence-electron chi connectivity index (χ2n) is 5.03. The number of hydrogen-bond acceptors (Lipinski definition) is 4. The van der Waals surface area contributed by atoms with Crippen LogP contribution in [-0.4, -0.2) is 16.7 Å². The predicted molar refractivity (Wildman–Crippen MR) is 73.4 cm³/mol. The minimum absolute atomic E-state index is 0.719. The molecule has 4 heteroatoms. The highest BCUT2D eigenvalue weighted by atomic mass is 32.1. The number of aryl methyl sites for hydroxylation is 1. The van der Waals surface area contributed by atoms with E-state index >= 15 is 0 Å². The van der Waals surface area contributed by atoms with E-state index in [9.17, 15) is 0 Å². The van der Waals surface area contributed by atoms with E-state index in [1.807, 2.05) is 0 Å². The Kier molecular flexibility index (Phi) is 4.15. The van der Waals surface area contributed by atoms with Crippen LogP contribution in [0.4, 0.5) is 5.13 Å². The van der Waals surface area contributed by atoms with Gasteiger partial charge >= 0.3 is 0 Å². The summed E-state index contributed by atoms with van der Waals surface area (Å²) in [5.41, 5.74) is 1.53. The summed E-state index contributed by atoms with van der Waals surface area (Å²) < 4.78 is 0. The Labute approximate surface area is 107 Å². The molecule has 3 nitrogen and oxygen atoms in total. The molecule has 17 heavy (non-hydrogen) atoms. The second-order valence-corrected chi connectivity index (χ2v) is 6.09. The van der Waals surface area contributed by atoms with Gasteiger partial charge in [-0.15, -0.1) is 10.2 Å². The molecule has 0 fully saturated rings. The lowest BCUT2D eigenvalue weighted by atomic mass is 9.84.